The fourth-order valence-corrected chi connectivity index (χ4v) is 8.86. The second kappa shape index (κ2) is 53.7. The van der Waals surface area contributed by atoms with Gasteiger partial charge in [-0.25, -0.2) is 0 Å². The number of esters is 1. The van der Waals surface area contributed by atoms with Crippen molar-refractivity contribution in [1.29, 1.82) is 0 Å². The lowest BCUT2D eigenvalue weighted by molar-refractivity contribution is -0.305. The molecule has 11 nitrogen and oxygen atoms in total. The van der Waals surface area contributed by atoms with Crippen molar-refractivity contribution in [2.45, 2.75) is 275 Å². The van der Waals surface area contributed by atoms with E-state index in [4.69, 9.17) is 14.2 Å². The lowest BCUT2D eigenvalue weighted by Crippen LogP contribution is -2.61. The fourth-order valence-electron chi connectivity index (χ4n) is 8.86. The summed E-state index contributed by atoms with van der Waals surface area (Å²) in [6, 6.07) is -1.06. The van der Waals surface area contributed by atoms with E-state index in [2.05, 4.69) is 68.6 Å². The largest absolute Gasteiger partial charge is 0.454 e. The molecule has 444 valence electrons. The third-order valence-corrected chi connectivity index (χ3v) is 13.8. The van der Waals surface area contributed by atoms with Gasteiger partial charge in [-0.1, -0.05) is 258 Å². The van der Waals surface area contributed by atoms with Gasteiger partial charge in [0.25, 0.3) is 0 Å². The van der Waals surface area contributed by atoms with Crippen LogP contribution in [0.15, 0.2) is 122 Å². The fraction of sp³-hybridized carbons (Fsp3) is 0.672. The van der Waals surface area contributed by atoms with Crippen LogP contribution in [0.1, 0.15) is 226 Å². The number of unbranched alkanes of at least 4 members (excludes halogenated alkanes) is 23. The highest BCUT2D eigenvalue weighted by molar-refractivity contribution is 5.80. The van der Waals surface area contributed by atoms with Gasteiger partial charge in [0.05, 0.1) is 25.4 Å². The number of aliphatic hydroxyl groups excluding tert-OH is 5. The van der Waals surface area contributed by atoms with Crippen LogP contribution in [-0.2, 0) is 23.8 Å². The molecule has 0 bridgehead atoms. The monoisotopic (exact) mass is 1090 g/mol. The summed E-state index contributed by atoms with van der Waals surface area (Å²) in [6.07, 6.45) is 63.7. The Bertz CT molecular complexity index is 1730. The van der Waals surface area contributed by atoms with Crippen LogP contribution in [-0.4, -0.2) is 99.6 Å². The first-order valence-electron chi connectivity index (χ1n) is 30.9. The van der Waals surface area contributed by atoms with Crippen molar-refractivity contribution in [3.63, 3.8) is 0 Å². The summed E-state index contributed by atoms with van der Waals surface area (Å²) < 4.78 is 17.6. The summed E-state index contributed by atoms with van der Waals surface area (Å²) in [5.41, 5.74) is 0. The van der Waals surface area contributed by atoms with Crippen LogP contribution in [0, 0.1) is 0 Å². The summed E-state index contributed by atoms with van der Waals surface area (Å²) in [4.78, 5) is 26.5. The Morgan fingerprint density at radius 1 is 0.526 bits per heavy atom. The maximum absolute atomic E-state index is 13.4. The van der Waals surface area contributed by atoms with Crippen LogP contribution in [0.3, 0.4) is 0 Å². The van der Waals surface area contributed by atoms with Gasteiger partial charge in [-0.05, 0) is 83.5 Å². The normalized spacial score (nSPS) is 19.8. The van der Waals surface area contributed by atoms with Crippen LogP contribution in [0.2, 0.25) is 0 Å². The summed E-state index contributed by atoms with van der Waals surface area (Å²) in [5.74, 6) is -1.26. The molecule has 0 aromatic heterocycles. The maximum atomic E-state index is 13.4. The van der Waals surface area contributed by atoms with Gasteiger partial charge in [0, 0.05) is 6.42 Å². The molecule has 11 heteroatoms. The standard InChI is InChI=1S/C67H111NO10/c1-4-7-10-13-16-19-22-25-27-29-30-31-32-33-35-37-40-43-46-49-52-55-62(72)78-65-64(74)63(73)61(56-69)77-67(65)76-57-58(59(70)53-50-47-44-41-38-24-21-18-15-12-9-6-3)68-66(75)60(71)54-51-48-45-42-39-36-34-28-26-23-20-17-14-11-8-5-2/h8,11,14,16-17,19-20,23,25-28,30-31,34,36,39,42,50,53,58-61,63-65,67,69-71,73-74H,4-7,9-10,12-13,15,18,21-22,24,29,32-33,35,37-38,40-41,43-49,51-52,54-57H2,1-3H3,(H,68,75)/b11-8-,17-14+,19-16-,23-20+,27-25-,28-26-,31-30-,36-34+,42-39+,53-50+. The number of aliphatic hydroxyl groups is 5. The molecule has 1 aliphatic heterocycles. The third kappa shape index (κ3) is 41.1. The quantitative estimate of drug-likeness (QED) is 0.0149. The molecule has 78 heavy (non-hydrogen) atoms. The molecule has 8 unspecified atom stereocenters. The van der Waals surface area contributed by atoms with E-state index in [-0.39, 0.29) is 19.4 Å². The molecule has 1 heterocycles. The summed E-state index contributed by atoms with van der Waals surface area (Å²) in [7, 11) is 0. The second-order valence-electron chi connectivity index (χ2n) is 20.9. The molecule has 0 aliphatic carbocycles. The minimum atomic E-state index is -1.63. The number of amides is 1. The van der Waals surface area contributed by atoms with Gasteiger partial charge in [-0.15, -0.1) is 0 Å². The molecule has 1 aliphatic rings. The summed E-state index contributed by atoms with van der Waals surface area (Å²) in [5, 5.41) is 56.9. The highest BCUT2D eigenvalue weighted by Gasteiger charge is 2.47. The molecule has 1 amide bonds. The molecule has 0 spiro atoms. The van der Waals surface area contributed by atoms with E-state index in [0.29, 0.717) is 12.8 Å². The molecule has 1 fully saturated rings. The third-order valence-electron chi connectivity index (χ3n) is 13.8. The van der Waals surface area contributed by atoms with Gasteiger partial charge >= 0.3 is 5.97 Å². The van der Waals surface area contributed by atoms with Gasteiger partial charge in [-0.2, -0.15) is 0 Å². The molecular weight excluding hydrogens is 979 g/mol. The SMILES string of the molecule is CC\C=C/C=C/C=C/C=C\C=C\C=C\CCCCC(O)C(=O)NC(COC1OC(CO)C(O)C(O)C1OC(=O)CCCCCCCCCC/C=C\C/C=C\C/C=C\CCCCC)C(O)/C=C/CCCCCCCCCCCC. The average molecular weight is 1090 g/mol. The Hall–Kier alpha value is -3.94. The maximum Gasteiger partial charge on any atom is 0.306 e. The van der Waals surface area contributed by atoms with Crippen LogP contribution in [0.5, 0.6) is 0 Å². The minimum Gasteiger partial charge on any atom is -0.454 e. The molecule has 0 aromatic carbocycles. The number of allylic oxidation sites excluding steroid dienone is 19. The van der Waals surface area contributed by atoms with Crippen LogP contribution >= 0.6 is 0 Å². The summed E-state index contributed by atoms with van der Waals surface area (Å²) >= 11 is 0. The van der Waals surface area contributed by atoms with Gasteiger partial charge in [0.2, 0.25) is 5.91 Å². The zero-order chi connectivity index (χ0) is 56.8. The number of hydrogen-bond acceptors (Lipinski definition) is 10. The van der Waals surface area contributed by atoms with E-state index >= 15 is 0 Å². The van der Waals surface area contributed by atoms with Crippen molar-refractivity contribution in [2.75, 3.05) is 13.2 Å². The van der Waals surface area contributed by atoms with Crippen molar-refractivity contribution >= 4 is 11.9 Å². The molecule has 8 atom stereocenters. The van der Waals surface area contributed by atoms with E-state index in [1.807, 2.05) is 72.9 Å². The smallest absolute Gasteiger partial charge is 0.306 e. The lowest BCUT2D eigenvalue weighted by Gasteiger charge is -2.41. The molecule has 0 aromatic rings. The van der Waals surface area contributed by atoms with E-state index < -0.39 is 67.4 Å². The minimum absolute atomic E-state index is 0.102. The van der Waals surface area contributed by atoms with Crippen LogP contribution in [0.4, 0.5) is 0 Å². The zero-order valence-electron chi connectivity index (χ0n) is 49.0. The van der Waals surface area contributed by atoms with Gasteiger partial charge in [-0.3, -0.25) is 9.59 Å². The number of nitrogens with one attached hydrogen (secondary N) is 1. The number of carbonyl (C=O) groups is 2. The Morgan fingerprint density at radius 3 is 1.53 bits per heavy atom. The number of rotatable bonds is 50. The molecule has 0 saturated carbocycles. The van der Waals surface area contributed by atoms with Crippen molar-refractivity contribution in [3.05, 3.63) is 122 Å². The number of ether oxygens (including phenoxy) is 3. The highest BCUT2D eigenvalue weighted by atomic mass is 16.7. The Labute approximate surface area is 474 Å². The zero-order valence-corrected chi connectivity index (χ0v) is 49.0. The molecule has 0 radical (unpaired) electrons. The van der Waals surface area contributed by atoms with E-state index in [9.17, 15) is 35.1 Å². The summed E-state index contributed by atoms with van der Waals surface area (Å²) in [6.45, 7) is 5.57. The van der Waals surface area contributed by atoms with Crippen molar-refractivity contribution < 1.29 is 49.3 Å². The van der Waals surface area contributed by atoms with Crippen molar-refractivity contribution in [2.24, 2.45) is 0 Å². The predicted molar refractivity (Wildman–Crippen MR) is 324 cm³/mol. The number of carbonyl (C=O) groups excluding carboxylic acids is 2. The van der Waals surface area contributed by atoms with Crippen molar-refractivity contribution in [1.82, 2.24) is 5.32 Å². The first-order chi connectivity index (χ1) is 38.2. The molecule has 1 saturated heterocycles. The lowest BCUT2D eigenvalue weighted by atomic mass is 9.99. The molecule has 6 N–H and O–H groups in total. The van der Waals surface area contributed by atoms with E-state index in [1.165, 1.54) is 89.9 Å². The average Bonchev–Trinajstić information content (AvgIpc) is 3.44. The number of hydrogen-bond donors (Lipinski definition) is 6. The van der Waals surface area contributed by atoms with Crippen LogP contribution < -0.4 is 5.32 Å². The van der Waals surface area contributed by atoms with Crippen molar-refractivity contribution in [3.8, 4) is 0 Å². The Balaban J connectivity index is 2.72. The predicted octanol–water partition coefficient (Wildman–Crippen LogP) is 14.7. The molecule has 1 rings (SSSR count). The highest BCUT2D eigenvalue weighted by Crippen LogP contribution is 2.26. The molecular formula is C67H111NO10. The van der Waals surface area contributed by atoms with Gasteiger partial charge < -0.3 is 45.1 Å². The topological polar surface area (TPSA) is 175 Å². The second-order valence-corrected chi connectivity index (χ2v) is 20.9. The van der Waals surface area contributed by atoms with Gasteiger partial charge in [0.1, 0.15) is 24.4 Å². The Morgan fingerprint density at radius 2 is 0.974 bits per heavy atom. The van der Waals surface area contributed by atoms with E-state index in [0.717, 1.165) is 89.9 Å². The first kappa shape index (κ1) is 72.1. The Kier molecular flexibility index (Phi) is 49.6. The first-order valence-corrected chi connectivity index (χ1v) is 30.9. The van der Waals surface area contributed by atoms with Crippen LogP contribution in [0.25, 0.3) is 0 Å². The van der Waals surface area contributed by atoms with Gasteiger partial charge in [0.15, 0.2) is 12.4 Å². The van der Waals surface area contributed by atoms with E-state index in [1.54, 1.807) is 6.08 Å².